The molecule has 3 nitrogen and oxygen atoms in total. The van der Waals surface area contributed by atoms with Crippen LogP contribution in [0.15, 0.2) is 12.0 Å². The van der Waals surface area contributed by atoms with Gasteiger partial charge in [0.05, 0.1) is 13.2 Å². The van der Waals surface area contributed by atoms with Gasteiger partial charge in [0.15, 0.2) is 11.7 Å². The summed E-state index contributed by atoms with van der Waals surface area (Å²) in [6.07, 6.45) is 5.93. The topological polar surface area (TPSA) is 38.3 Å². The number of ketones is 1. The molecule has 0 bridgehead atoms. The van der Waals surface area contributed by atoms with Gasteiger partial charge < -0.3 is 10.1 Å². The van der Waals surface area contributed by atoms with Crippen molar-refractivity contribution in [1.82, 2.24) is 5.32 Å². The number of unbranched alkanes of at least 4 members (excludes halogenated alkanes) is 2. The molecule has 0 saturated heterocycles. The molecule has 0 unspecified atom stereocenters. The SMILES string of the molecule is CCCCC[C@@H]1NC(OC)=CC1=O. The van der Waals surface area contributed by atoms with Crippen LogP contribution in [-0.2, 0) is 9.53 Å². The maximum absolute atomic E-state index is 11.3. The van der Waals surface area contributed by atoms with E-state index in [-0.39, 0.29) is 11.8 Å². The molecule has 0 aromatic carbocycles. The molecule has 0 spiro atoms. The van der Waals surface area contributed by atoms with Crippen molar-refractivity contribution in [2.75, 3.05) is 7.11 Å². The molecule has 3 heteroatoms. The molecule has 1 aliphatic heterocycles. The van der Waals surface area contributed by atoms with Crippen molar-refractivity contribution >= 4 is 5.78 Å². The Kier molecular flexibility index (Phi) is 3.80. The first kappa shape index (κ1) is 10.1. The molecule has 0 radical (unpaired) electrons. The Labute approximate surface area is 79.2 Å². The molecule has 1 rings (SSSR count). The summed E-state index contributed by atoms with van der Waals surface area (Å²) in [5.41, 5.74) is 0. The van der Waals surface area contributed by atoms with Crippen molar-refractivity contribution in [2.45, 2.75) is 38.6 Å². The molecule has 74 valence electrons. The van der Waals surface area contributed by atoms with Crippen LogP contribution in [0.3, 0.4) is 0 Å². The summed E-state index contributed by atoms with van der Waals surface area (Å²) in [6, 6.07) is -0.0403. The summed E-state index contributed by atoms with van der Waals surface area (Å²) in [7, 11) is 1.57. The van der Waals surface area contributed by atoms with Gasteiger partial charge in [-0.1, -0.05) is 26.2 Å². The first-order valence-corrected chi connectivity index (χ1v) is 4.84. The van der Waals surface area contributed by atoms with E-state index in [0.29, 0.717) is 5.88 Å². The molecule has 0 saturated carbocycles. The summed E-state index contributed by atoms with van der Waals surface area (Å²) >= 11 is 0. The van der Waals surface area contributed by atoms with Crippen LogP contribution in [0.25, 0.3) is 0 Å². The van der Waals surface area contributed by atoms with Crippen LogP contribution in [-0.4, -0.2) is 18.9 Å². The van der Waals surface area contributed by atoms with Gasteiger partial charge in [-0.2, -0.15) is 0 Å². The van der Waals surface area contributed by atoms with E-state index < -0.39 is 0 Å². The average molecular weight is 183 g/mol. The highest BCUT2D eigenvalue weighted by atomic mass is 16.5. The molecule has 0 amide bonds. The van der Waals surface area contributed by atoms with E-state index in [1.54, 1.807) is 7.11 Å². The van der Waals surface area contributed by atoms with Crippen LogP contribution in [0, 0.1) is 0 Å². The van der Waals surface area contributed by atoms with Gasteiger partial charge in [-0.25, -0.2) is 0 Å². The minimum atomic E-state index is -0.0403. The molecular weight excluding hydrogens is 166 g/mol. The Bertz CT molecular complexity index is 211. The first-order valence-electron chi connectivity index (χ1n) is 4.84. The lowest BCUT2D eigenvalue weighted by atomic mass is 10.1. The van der Waals surface area contributed by atoms with Crippen LogP contribution >= 0.6 is 0 Å². The zero-order valence-corrected chi connectivity index (χ0v) is 8.30. The number of ether oxygens (including phenoxy) is 1. The summed E-state index contributed by atoms with van der Waals surface area (Å²) in [5.74, 6) is 0.749. The molecule has 1 atom stereocenters. The monoisotopic (exact) mass is 183 g/mol. The van der Waals surface area contributed by atoms with Crippen LogP contribution in [0.1, 0.15) is 32.6 Å². The minimum absolute atomic E-state index is 0.0403. The van der Waals surface area contributed by atoms with E-state index in [0.717, 1.165) is 12.8 Å². The normalized spacial score (nSPS) is 21.2. The van der Waals surface area contributed by atoms with Gasteiger partial charge in [0, 0.05) is 6.08 Å². The van der Waals surface area contributed by atoms with Crippen molar-refractivity contribution in [3.63, 3.8) is 0 Å². The third kappa shape index (κ3) is 2.76. The van der Waals surface area contributed by atoms with Crippen LogP contribution in [0.2, 0.25) is 0 Å². The fourth-order valence-electron chi connectivity index (χ4n) is 1.45. The first-order chi connectivity index (χ1) is 6.27. The summed E-state index contributed by atoms with van der Waals surface area (Å²) in [5, 5.41) is 3.04. The maximum atomic E-state index is 11.3. The second-order valence-electron chi connectivity index (χ2n) is 3.31. The Balaban J connectivity index is 2.27. The molecule has 1 aliphatic rings. The smallest absolute Gasteiger partial charge is 0.190 e. The summed E-state index contributed by atoms with van der Waals surface area (Å²) in [4.78, 5) is 11.3. The lowest BCUT2D eigenvalue weighted by Gasteiger charge is -2.10. The average Bonchev–Trinajstić information content (AvgIpc) is 2.48. The third-order valence-electron chi connectivity index (χ3n) is 2.25. The highest BCUT2D eigenvalue weighted by Gasteiger charge is 2.23. The van der Waals surface area contributed by atoms with Crippen LogP contribution in [0.4, 0.5) is 0 Å². The number of carbonyl (C=O) groups is 1. The molecule has 1 heterocycles. The number of methoxy groups -OCH3 is 1. The van der Waals surface area contributed by atoms with E-state index in [2.05, 4.69) is 12.2 Å². The van der Waals surface area contributed by atoms with Gasteiger partial charge in [-0.05, 0) is 6.42 Å². The van der Waals surface area contributed by atoms with E-state index in [4.69, 9.17) is 4.74 Å². The summed E-state index contributed by atoms with van der Waals surface area (Å²) < 4.78 is 4.95. The number of hydrogen-bond acceptors (Lipinski definition) is 3. The molecular formula is C10H17NO2. The van der Waals surface area contributed by atoms with Gasteiger partial charge in [0.2, 0.25) is 0 Å². The third-order valence-corrected chi connectivity index (χ3v) is 2.25. The zero-order valence-electron chi connectivity index (χ0n) is 8.30. The van der Waals surface area contributed by atoms with Crippen molar-refractivity contribution in [3.8, 4) is 0 Å². The molecule has 0 aromatic rings. The molecule has 0 aromatic heterocycles. The van der Waals surface area contributed by atoms with Gasteiger partial charge in [-0.15, -0.1) is 0 Å². The number of nitrogens with one attached hydrogen (secondary N) is 1. The molecule has 0 fully saturated rings. The lowest BCUT2D eigenvalue weighted by Crippen LogP contribution is -2.28. The van der Waals surface area contributed by atoms with Gasteiger partial charge in [-0.3, -0.25) is 4.79 Å². The molecule has 0 aliphatic carbocycles. The van der Waals surface area contributed by atoms with Crippen molar-refractivity contribution in [1.29, 1.82) is 0 Å². The van der Waals surface area contributed by atoms with Crippen LogP contribution in [0.5, 0.6) is 0 Å². The fourth-order valence-corrected chi connectivity index (χ4v) is 1.45. The standard InChI is InChI=1S/C10H17NO2/c1-3-4-5-6-8-9(12)7-10(11-8)13-2/h7-8,11H,3-6H2,1-2H3/t8-/m0/s1. The van der Waals surface area contributed by atoms with Gasteiger partial charge >= 0.3 is 0 Å². The van der Waals surface area contributed by atoms with E-state index in [1.165, 1.54) is 18.9 Å². The number of rotatable bonds is 5. The second kappa shape index (κ2) is 4.90. The quantitative estimate of drug-likeness (QED) is 0.658. The highest BCUT2D eigenvalue weighted by molar-refractivity contribution is 5.97. The second-order valence-corrected chi connectivity index (χ2v) is 3.31. The van der Waals surface area contributed by atoms with Crippen LogP contribution < -0.4 is 5.32 Å². The van der Waals surface area contributed by atoms with Crippen molar-refractivity contribution < 1.29 is 9.53 Å². The van der Waals surface area contributed by atoms with Crippen molar-refractivity contribution in [3.05, 3.63) is 12.0 Å². The van der Waals surface area contributed by atoms with E-state index in [9.17, 15) is 4.79 Å². The molecule has 1 N–H and O–H groups in total. The van der Waals surface area contributed by atoms with E-state index in [1.807, 2.05) is 0 Å². The van der Waals surface area contributed by atoms with Crippen molar-refractivity contribution in [2.24, 2.45) is 0 Å². The fraction of sp³-hybridized carbons (Fsp3) is 0.700. The predicted molar refractivity (Wildman–Crippen MR) is 51.2 cm³/mol. The Morgan fingerprint density at radius 3 is 2.85 bits per heavy atom. The maximum Gasteiger partial charge on any atom is 0.190 e. The largest absolute Gasteiger partial charge is 0.482 e. The van der Waals surface area contributed by atoms with E-state index >= 15 is 0 Å². The Morgan fingerprint density at radius 2 is 2.31 bits per heavy atom. The minimum Gasteiger partial charge on any atom is -0.482 e. The van der Waals surface area contributed by atoms with Gasteiger partial charge in [0.1, 0.15) is 0 Å². The van der Waals surface area contributed by atoms with Gasteiger partial charge in [0.25, 0.3) is 0 Å². The highest BCUT2D eigenvalue weighted by Crippen LogP contribution is 2.12. The zero-order chi connectivity index (χ0) is 9.68. The number of carbonyl (C=O) groups excluding carboxylic acids is 1. The Morgan fingerprint density at radius 1 is 1.54 bits per heavy atom. The Hall–Kier alpha value is -0.990. The number of hydrogen-bond donors (Lipinski definition) is 1. The lowest BCUT2D eigenvalue weighted by molar-refractivity contribution is -0.115. The predicted octanol–water partition coefficient (Wildman–Crippen LogP) is 1.60. The molecule has 13 heavy (non-hydrogen) atoms. The summed E-state index contributed by atoms with van der Waals surface area (Å²) in [6.45, 7) is 2.16.